The largest absolute Gasteiger partial charge is 0.494 e. The molecule has 3 heteroatoms. The number of rotatable bonds is 5. The second kappa shape index (κ2) is 6.71. The van der Waals surface area contributed by atoms with Crippen LogP contribution in [0.4, 0.5) is 5.69 Å². The minimum absolute atomic E-state index is 0.672. The summed E-state index contributed by atoms with van der Waals surface area (Å²) >= 11 is 1.83. The fourth-order valence-electron chi connectivity index (χ4n) is 2.03. The molecule has 106 valence electrons. The van der Waals surface area contributed by atoms with Crippen LogP contribution in [-0.4, -0.2) is 6.61 Å². The van der Waals surface area contributed by atoms with Gasteiger partial charge in [0, 0.05) is 21.9 Å². The summed E-state index contributed by atoms with van der Waals surface area (Å²) in [7, 11) is 0. The van der Waals surface area contributed by atoms with E-state index >= 15 is 0 Å². The molecule has 0 aliphatic heterocycles. The van der Waals surface area contributed by atoms with Crippen molar-refractivity contribution in [3.05, 3.63) is 53.1 Å². The van der Waals surface area contributed by atoms with Crippen molar-refractivity contribution in [2.75, 3.05) is 12.3 Å². The van der Waals surface area contributed by atoms with Crippen molar-refractivity contribution >= 4 is 17.4 Å². The first-order chi connectivity index (χ1) is 9.60. The minimum Gasteiger partial charge on any atom is -0.494 e. The Morgan fingerprint density at radius 3 is 2.65 bits per heavy atom. The number of hydrogen-bond donors (Lipinski definition) is 1. The van der Waals surface area contributed by atoms with E-state index in [-0.39, 0.29) is 0 Å². The number of hydrogen-bond acceptors (Lipinski definition) is 3. The smallest absolute Gasteiger partial charge is 0.123 e. The number of thioether (sulfide) groups is 1. The molecule has 0 bridgehead atoms. The van der Waals surface area contributed by atoms with Crippen LogP contribution in [0.25, 0.3) is 0 Å². The number of aryl methyl sites for hydroxylation is 2. The molecule has 0 unspecified atom stereocenters. The topological polar surface area (TPSA) is 35.2 Å². The molecule has 0 radical (unpaired) electrons. The standard InChI is InChI=1S/C17H21NOS/c1-4-19-16-8-7-15(18)10-14(16)11-20-17-9-12(2)5-6-13(17)3/h5-10H,4,11,18H2,1-3H3. The van der Waals surface area contributed by atoms with Gasteiger partial charge in [-0.2, -0.15) is 0 Å². The average Bonchev–Trinajstić information content (AvgIpc) is 2.42. The molecule has 20 heavy (non-hydrogen) atoms. The molecule has 0 amide bonds. The lowest BCUT2D eigenvalue weighted by molar-refractivity contribution is 0.337. The van der Waals surface area contributed by atoms with Gasteiger partial charge in [0.15, 0.2) is 0 Å². The van der Waals surface area contributed by atoms with Gasteiger partial charge in [0.2, 0.25) is 0 Å². The first kappa shape index (κ1) is 14.8. The second-order valence-corrected chi connectivity index (χ2v) is 5.87. The van der Waals surface area contributed by atoms with Gasteiger partial charge in [-0.15, -0.1) is 11.8 Å². The Morgan fingerprint density at radius 1 is 1.10 bits per heavy atom. The second-order valence-electron chi connectivity index (χ2n) is 4.86. The Hall–Kier alpha value is -1.61. The maximum Gasteiger partial charge on any atom is 0.123 e. The minimum atomic E-state index is 0.672. The normalized spacial score (nSPS) is 10.6. The average molecular weight is 287 g/mol. The molecule has 0 atom stereocenters. The van der Waals surface area contributed by atoms with E-state index in [2.05, 4.69) is 32.0 Å². The highest BCUT2D eigenvalue weighted by molar-refractivity contribution is 7.98. The summed E-state index contributed by atoms with van der Waals surface area (Å²) in [5.41, 5.74) is 10.4. The van der Waals surface area contributed by atoms with E-state index in [1.165, 1.54) is 16.0 Å². The molecule has 2 rings (SSSR count). The van der Waals surface area contributed by atoms with Crippen LogP contribution in [-0.2, 0) is 5.75 Å². The first-order valence-corrected chi connectivity index (χ1v) is 7.80. The third kappa shape index (κ3) is 3.70. The summed E-state index contributed by atoms with van der Waals surface area (Å²) < 4.78 is 5.67. The molecule has 2 nitrogen and oxygen atoms in total. The van der Waals surface area contributed by atoms with Gasteiger partial charge in [0.25, 0.3) is 0 Å². The van der Waals surface area contributed by atoms with Gasteiger partial charge in [0.05, 0.1) is 6.61 Å². The molecule has 0 spiro atoms. The summed E-state index contributed by atoms with van der Waals surface area (Å²) in [5, 5.41) is 0. The van der Waals surface area contributed by atoms with Gasteiger partial charge in [-0.25, -0.2) is 0 Å². The van der Waals surface area contributed by atoms with E-state index in [0.717, 1.165) is 22.8 Å². The Balaban J connectivity index is 2.17. The lowest BCUT2D eigenvalue weighted by atomic mass is 10.2. The van der Waals surface area contributed by atoms with Crippen LogP contribution in [0.3, 0.4) is 0 Å². The molecule has 0 heterocycles. The van der Waals surface area contributed by atoms with Gasteiger partial charge in [-0.05, 0) is 50.6 Å². The quantitative estimate of drug-likeness (QED) is 0.646. The summed E-state index contributed by atoms with van der Waals surface area (Å²) in [6.45, 7) is 6.93. The highest BCUT2D eigenvalue weighted by Crippen LogP contribution is 2.31. The molecule has 2 aromatic rings. The van der Waals surface area contributed by atoms with Crippen molar-refractivity contribution in [2.24, 2.45) is 0 Å². The third-order valence-electron chi connectivity index (χ3n) is 3.11. The van der Waals surface area contributed by atoms with E-state index in [9.17, 15) is 0 Å². The van der Waals surface area contributed by atoms with Gasteiger partial charge < -0.3 is 10.5 Å². The number of benzene rings is 2. The van der Waals surface area contributed by atoms with Crippen LogP contribution in [0.5, 0.6) is 5.75 Å². The van der Waals surface area contributed by atoms with E-state index in [4.69, 9.17) is 10.5 Å². The monoisotopic (exact) mass is 287 g/mol. The Bertz CT molecular complexity index is 596. The van der Waals surface area contributed by atoms with Crippen LogP contribution in [0, 0.1) is 13.8 Å². The third-order valence-corrected chi connectivity index (χ3v) is 4.32. The fourth-order valence-corrected chi connectivity index (χ4v) is 3.13. The number of anilines is 1. The van der Waals surface area contributed by atoms with Gasteiger partial charge in [-0.3, -0.25) is 0 Å². The van der Waals surface area contributed by atoms with Crippen molar-refractivity contribution in [2.45, 2.75) is 31.4 Å². The van der Waals surface area contributed by atoms with Crippen LogP contribution in [0.1, 0.15) is 23.6 Å². The molecule has 0 aliphatic carbocycles. The predicted molar refractivity (Wildman–Crippen MR) is 87.5 cm³/mol. The van der Waals surface area contributed by atoms with Gasteiger partial charge in [0.1, 0.15) is 5.75 Å². The lowest BCUT2D eigenvalue weighted by Gasteiger charge is -2.12. The summed E-state index contributed by atoms with van der Waals surface area (Å²) in [5.74, 6) is 1.80. The summed E-state index contributed by atoms with van der Waals surface area (Å²) in [6, 6.07) is 12.4. The Kier molecular flexibility index (Phi) is 4.96. The SMILES string of the molecule is CCOc1ccc(N)cc1CSc1cc(C)ccc1C. The molecule has 2 N–H and O–H groups in total. The fraction of sp³-hybridized carbons (Fsp3) is 0.294. The number of nitrogen functional groups attached to an aromatic ring is 1. The van der Waals surface area contributed by atoms with Crippen LogP contribution >= 0.6 is 11.8 Å². The zero-order valence-electron chi connectivity index (χ0n) is 12.3. The Labute approximate surface area is 125 Å². The summed E-state index contributed by atoms with van der Waals surface area (Å²) in [6.07, 6.45) is 0. The highest BCUT2D eigenvalue weighted by Gasteiger charge is 2.06. The maximum atomic E-state index is 5.88. The molecule has 0 saturated carbocycles. The molecular formula is C17H21NOS. The van der Waals surface area contributed by atoms with Crippen LogP contribution < -0.4 is 10.5 Å². The molecule has 0 saturated heterocycles. The van der Waals surface area contributed by atoms with Gasteiger partial charge >= 0.3 is 0 Å². The zero-order chi connectivity index (χ0) is 14.5. The van der Waals surface area contributed by atoms with Crippen molar-refractivity contribution in [3.63, 3.8) is 0 Å². The molecule has 2 aromatic carbocycles. The van der Waals surface area contributed by atoms with Crippen molar-refractivity contribution in [3.8, 4) is 5.75 Å². The van der Waals surface area contributed by atoms with E-state index in [1.54, 1.807) is 0 Å². The molecule has 0 aromatic heterocycles. The van der Waals surface area contributed by atoms with Crippen molar-refractivity contribution in [1.29, 1.82) is 0 Å². The van der Waals surface area contributed by atoms with Crippen molar-refractivity contribution in [1.82, 2.24) is 0 Å². The van der Waals surface area contributed by atoms with Crippen molar-refractivity contribution < 1.29 is 4.74 Å². The zero-order valence-corrected chi connectivity index (χ0v) is 13.1. The van der Waals surface area contributed by atoms with E-state index in [0.29, 0.717) is 6.61 Å². The number of ether oxygens (including phenoxy) is 1. The Morgan fingerprint density at radius 2 is 1.90 bits per heavy atom. The first-order valence-electron chi connectivity index (χ1n) is 6.81. The molecular weight excluding hydrogens is 266 g/mol. The van der Waals surface area contributed by atoms with Crippen LogP contribution in [0.2, 0.25) is 0 Å². The van der Waals surface area contributed by atoms with Crippen LogP contribution in [0.15, 0.2) is 41.3 Å². The number of nitrogens with two attached hydrogens (primary N) is 1. The van der Waals surface area contributed by atoms with E-state index < -0.39 is 0 Å². The predicted octanol–water partition coefficient (Wildman–Crippen LogP) is 4.58. The van der Waals surface area contributed by atoms with E-state index in [1.807, 2.05) is 36.9 Å². The molecule has 0 fully saturated rings. The summed E-state index contributed by atoms with van der Waals surface area (Å²) in [4.78, 5) is 1.31. The lowest BCUT2D eigenvalue weighted by Crippen LogP contribution is -1.97. The highest BCUT2D eigenvalue weighted by atomic mass is 32.2. The maximum absolute atomic E-state index is 5.88. The van der Waals surface area contributed by atoms with Gasteiger partial charge in [-0.1, -0.05) is 17.7 Å². The molecule has 0 aliphatic rings.